The maximum atomic E-state index is 12.8. The van der Waals surface area contributed by atoms with E-state index < -0.39 is 0 Å². The van der Waals surface area contributed by atoms with E-state index in [0.717, 1.165) is 50.3 Å². The number of aromatic nitrogens is 2. The molecule has 0 radical (unpaired) electrons. The molecule has 1 amide bonds. The van der Waals surface area contributed by atoms with Gasteiger partial charge in [0.2, 0.25) is 5.95 Å². The summed E-state index contributed by atoms with van der Waals surface area (Å²) in [5.74, 6) is 2.88. The van der Waals surface area contributed by atoms with Crippen LogP contribution in [0.4, 0.5) is 11.8 Å². The van der Waals surface area contributed by atoms with Gasteiger partial charge in [-0.25, -0.2) is 4.98 Å². The summed E-state index contributed by atoms with van der Waals surface area (Å²) in [4.78, 5) is 24.6. The first kappa shape index (κ1) is 25.9. The van der Waals surface area contributed by atoms with Crippen LogP contribution in [0, 0.1) is 0 Å². The number of halogens is 1. The van der Waals surface area contributed by atoms with Crippen LogP contribution in [0.2, 0.25) is 0 Å². The van der Waals surface area contributed by atoms with Crippen LogP contribution in [0.1, 0.15) is 60.1 Å². The first-order valence-electron chi connectivity index (χ1n) is 11.8. The predicted molar refractivity (Wildman–Crippen MR) is 137 cm³/mol. The number of fused-ring (bicyclic) bond motifs is 1. The van der Waals surface area contributed by atoms with E-state index in [1.165, 1.54) is 24.1 Å². The van der Waals surface area contributed by atoms with Gasteiger partial charge in [0.1, 0.15) is 17.3 Å². The zero-order chi connectivity index (χ0) is 23.4. The zero-order valence-electron chi connectivity index (χ0n) is 20.5. The fourth-order valence-corrected chi connectivity index (χ4v) is 4.78. The van der Waals surface area contributed by atoms with Crippen molar-refractivity contribution in [1.29, 1.82) is 0 Å². The molecule has 0 saturated heterocycles. The largest absolute Gasteiger partial charge is 0.497 e. The van der Waals surface area contributed by atoms with Gasteiger partial charge < -0.3 is 25.0 Å². The topological polar surface area (TPSA) is 88.6 Å². The Morgan fingerprint density at radius 1 is 0.941 bits per heavy atom. The van der Waals surface area contributed by atoms with Crippen LogP contribution in [-0.4, -0.2) is 56.3 Å². The van der Waals surface area contributed by atoms with E-state index >= 15 is 0 Å². The number of hydrogen-bond donors (Lipinski definition) is 2. The minimum atomic E-state index is -0.0998. The lowest BCUT2D eigenvalue weighted by Gasteiger charge is -2.30. The molecule has 0 spiro atoms. The lowest BCUT2D eigenvalue weighted by molar-refractivity contribution is 0.0926. The van der Waals surface area contributed by atoms with Crippen molar-refractivity contribution in [3.63, 3.8) is 0 Å². The molecule has 2 aliphatic rings. The summed E-state index contributed by atoms with van der Waals surface area (Å²) >= 11 is 0. The summed E-state index contributed by atoms with van der Waals surface area (Å²) in [6.07, 6.45) is 8.25. The Morgan fingerprint density at radius 2 is 1.56 bits per heavy atom. The van der Waals surface area contributed by atoms with Crippen LogP contribution in [-0.2, 0) is 12.8 Å². The van der Waals surface area contributed by atoms with Crippen molar-refractivity contribution in [2.24, 2.45) is 0 Å². The number of methoxy groups -OCH3 is 2. The summed E-state index contributed by atoms with van der Waals surface area (Å²) in [6, 6.07) is 5.70. The number of hydrogen-bond acceptors (Lipinski definition) is 7. The number of benzene rings is 1. The van der Waals surface area contributed by atoms with E-state index in [0.29, 0.717) is 23.1 Å². The van der Waals surface area contributed by atoms with E-state index in [9.17, 15) is 4.79 Å². The van der Waals surface area contributed by atoms with Gasteiger partial charge in [-0.15, -0.1) is 12.4 Å². The van der Waals surface area contributed by atoms with E-state index in [1.807, 2.05) is 14.1 Å². The van der Waals surface area contributed by atoms with Gasteiger partial charge in [-0.1, -0.05) is 0 Å². The van der Waals surface area contributed by atoms with E-state index in [4.69, 9.17) is 19.4 Å². The van der Waals surface area contributed by atoms with Crippen LogP contribution in [0.5, 0.6) is 11.5 Å². The summed E-state index contributed by atoms with van der Waals surface area (Å²) in [5.41, 5.74) is 3.04. The molecule has 0 unspecified atom stereocenters. The van der Waals surface area contributed by atoms with Gasteiger partial charge in [-0.05, 0) is 63.5 Å². The number of rotatable bonds is 7. The zero-order valence-corrected chi connectivity index (χ0v) is 21.3. The maximum Gasteiger partial charge on any atom is 0.251 e. The maximum absolute atomic E-state index is 12.8. The minimum Gasteiger partial charge on any atom is -0.497 e. The number of anilines is 2. The smallest absolute Gasteiger partial charge is 0.251 e. The third kappa shape index (κ3) is 6.03. The van der Waals surface area contributed by atoms with Crippen LogP contribution in [0.15, 0.2) is 18.2 Å². The molecule has 186 valence electrons. The Kier molecular flexibility index (Phi) is 8.83. The van der Waals surface area contributed by atoms with Crippen molar-refractivity contribution in [3.8, 4) is 11.5 Å². The molecule has 4 rings (SSSR count). The lowest BCUT2D eigenvalue weighted by atomic mass is 9.91. The molecule has 0 aliphatic heterocycles. The van der Waals surface area contributed by atoms with E-state index in [1.54, 1.807) is 32.4 Å². The number of ether oxygens (including phenoxy) is 2. The molecule has 2 aliphatic carbocycles. The average molecular weight is 490 g/mol. The molecule has 1 aromatic heterocycles. The Hall–Kier alpha value is -2.74. The van der Waals surface area contributed by atoms with Gasteiger partial charge in [0.05, 0.1) is 19.9 Å². The number of amides is 1. The fourth-order valence-electron chi connectivity index (χ4n) is 4.78. The molecule has 9 heteroatoms. The quantitative estimate of drug-likeness (QED) is 0.607. The van der Waals surface area contributed by atoms with Crippen LogP contribution < -0.4 is 25.0 Å². The van der Waals surface area contributed by atoms with Crippen molar-refractivity contribution < 1.29 is 14.3 Å². The Morgan fingerprint density at radius 3 is 2.18 bits per heavy atom. The highest BCUT2D eigenvalue weighted by Crippen LogP contribution is 2.29. The number of nitrogens with zero attached hydrogens (tertiary/aromatic N) is 3. The van der Waals surface area contributed by atoms with Crippen molar-refractivity contribution >= 4 is 30.1 Å². The molecule has 8 nitrogen and oxygen atoms in total. The summed E-state index contributed by atoms with van der Waals surface area (Å²) in [6.45, 7) is 0. The van der Waals surface area contributed by atoms with Gasteiger partial charge >= 0.3 is 0 Å². The van der Waals surface area contributed by atoms with Gasteiger partial charge in [0.25, 0.3) is 5.91 Å². The number of carbonyl (C=O) groups is 1. The van der Waals surface area contributed by atoms with Crippen molar-refractivity contribution in [2.45, 2.75) is 63.5 Å². The highest BCUT2D eigenvalue weighted by Gasteiger charge is 2.25. The first-order chi connectivity index (χ1) is 16.0. The average Bonchev–Trinajstić information content (AvgIpc) is 2.84. The molecule has 34 heavy (non-hydrogen) atoms. The molecule has 1 heterocycles. The molecule has 1 fully saturated rings. The summed E-state index contributed by atoms with van der Waals surface area (Å²) in [5, 5.41) is 6.74. The van der Waals surface area contributed by atoms with Crippen molar-refractivity contribution in [3.05, 3.63) is 35.0 Å². The van der Waals surface area contributed by atoms with E-state index in [-0.39, 0.29) is 24.4 Å². The summed E-state index contributed by atoms with van der Waals surface area (Å²) < 4.78 is 10.6. The second-order valence-corrected chi connectivity index (χ2v) is 9.17. The molecule has 2 N–H and O–H groups in total. The molecule has 1 aromatic carbocycles. The van der Waals surface area contributed by atoms with Gasteiger partial charge in [-0.2, -0.15) is 4.98 Å². The highest BCUT2D eigenvalue weighted by molar-refractivity contribution is 5.95. The Labute approximate surface area is 208 Å². The highest BCUT2D eigenvalue weighted by atomic mass is 35.5. The van der Waals surface area contributed by atoms with Crippen molar-refractivity contribution in [2.75, 3.05) is 38.5 Å². The van der Waals surface area contributed by atoms with E-state index in [2.05, 4.69) is 15.5 Å². The Bertz CT molecular complexity index is 971. The lowest BCUT2D eigenvalue weighted by Crippen LogP contribution is -2.40. The van der Waals surface area contributed by atoms with Crippen LogP contribution >= 0.6 is 12.4 Å². The number of carbonyl (C=O) groups excluding carboxylic acids is 1. The van der Waals surface area contributed by atoms with Crippen LogP contribution in [0.3, 0.4) is 0 Å². The second kappa shape index (κ2) is 11.6. The molecule has 0 bridgehead atoms. The predicted octanol–water partition coefficient (Wildman–Crippen LogP) is 4.01. The molecule has 0 atom stereocenters. The molecular weight excluding hydrogens is 454 g/mol. The minimum absolute atomic E-state index is 0. The van der Waals surface area contributed by atoms with Crippen molar-refractivity contribution in [1.82, 2.24) is 15.3 Å². The monoisotopic (exact) mass is 489 g/mol. The normalized spacial score (nSPS) is 19.3. The standard InChI is InChI=1S/C25H35N5O3.ClH/c1-30(2)23-21-7-5-6-8-22(21)28-25(29-23)27-18-11-9-17(10-12-18)26-24(31)16-13-19(32-3)15-20(14-16)33-4;/h13-15,17-18H,5-12H2,1-4H3,(H,26,31)(H,27,28,29);1H/t17-,18+;. The van der Waals surface area contributed by atoms with Gasteiger partial charge in [0.15, 0.2) is 0 Å². The van der Waals surface area contributed by atoms with Gasteiger partial charge in [0, 0.05) is 43.4 Å². The number of nitrogens with one attached hydrogen (secondary N) is 2. The number of aryl methyl sites for hydroxylation is 1. The first-order valence-corrected chi connectivity index (χ1v) is 11.8. The Balaban J connectivity index is 0.00000324. The fraction of sp³-hybridized carbons (Fsp3) is 0.560. The third-order valence-electron chi connectivity index (χ3n) is 6.59. The van der Waals surface area contributed by atoms with Gasteiger partial charge in [-0.3, -0.25) is 4.79 Å². The third-order valence-corrected chi connectivity index (χ3v) is 6.59. The molecule has 2 aromatic rings. The van der Waals surface area contributed by atoms with Crippen LogP contribution in [0.25, 0.3) is 0 Å². The summed E-state index contributed by atoms with van der Waals surface area (Å²) in [7, 11) is 7.26. The SMILES string of the molecule is COc1cc(OC)cc(C(=O)N[C@H]2CC[C@@H](Nc3nc4c(c(N(C)C)n3)CCCC4)CC2)c1.Cl. The molecular formula is C25H36ClN5O3. The second-order valence-electron chi connectivity index (χ2n) is 9.17. The molecule has 1 saturated carbocycles.